The lowest BCUT2D eigenvalue weighted by molar-refractivity contribution is 0.210. The fourth-order valence-corrected chi connectivity index (χ4v) is 2.98. The zero-order valence-corrected chi connectivity index (χ0v) is 14.2. The summed E-state index contributed by atoms with van der Waals surface area (Å²) in [6.45, 7) is 2.07. The van der Waals surface area contributed by atoms with Crippen molar-refractivity contribution in [3.05, 3.63) is 54.1 Å². The molecule has 23 heavy (non-hydrogen) atoms. The van der Waals surface area contributed by atoms with Crippen molar-refractivity contribution in [1.29, 1.82) is 0 Å². The molecule has 0 aromatic heterocycles. The van der Waals surface area contributed by atoms with Crippen LogP contribution in [0.15, 0.2) is 48.5 Å². The van der Waals surface area contributed by atoms with Crippen LogP contribution in [-0.2, 0) is 0 Å². The van der Waals surface area contributed by atoms with Gasteiger partial charge in [0, 0.05) is 11.4 Å². The lowest BCUT2D eigenvalue weighted by Crippen LogP contribution is -2.19. The summed E-state index contributed by atoms with van der Waals surface area (Å²) in [6, 6.07) is 16.1. The third kappa shape index (κ3) is 4.70. The number of thiocarbonyl (C=S) groups is 1. The Morgan fingerprint density at radius 1 is 0.913 bits per heavy atom. The van der Waals surface area contributed by atoms with Crippen molar-refractivity contribution in [3.8, 4) is 5.75 Å². The standard InChI is InChI=1S/C19H22N2OS/c1-14-6-8-15(9-7-14)20-19(23)21-16-10-12-18(13-11-16)22-17-4-2-3-5-17/h6-13,17H,2-5H2,1H3,(H2,20,21,23). The van der Waals surface area contributed by atoms with Gasteiger partial charge < -0.3 is 15.4 Å². The van der Waals surface area contributed by atoms with Crippen molar-refractivity contribution in [2.75, 3.05) is 10.6 Å². The zero-order chi connectivity index (χ0) is 16.1. The van der Waals surface area contributed by atoms with E-state index in [1.165, 1.54) is 31.2 Å². The van der Waals surface area contributed by atoms with Gasteiger partial charge in [0.1, 0.15) is 5.75 Å². The molecule has 2 N–H and O–H groups in total. The van der Waals surface area contributed by atoms with E-state index in [4.69, 9.17) is 17.0 Å². The fraction of sp³-hybridized carbons (Fsp3) is 0.316. The second-order valence-corrected chi connectivity index (χ2v) is 6.40. The smallest absolute Gasteiger partial charge is 0.175 e. The quantitative estimate of drug-likeness (QED) is 0.764. The van der Waals surface area contributed by atoms with E-state index < -0.39 is 0 Å². The summed E-state index contributed by atoms with van der Waals surface area (Å²) in [5.74, 6) is 0.930. The number of hydrogen-bond donors (Lipinski definition) is 2. The Morgan fingerprint density at radius 3 is 2.00 bits per heavy atom. The van der Waals surface area contributed by atoms with Crippen molar-refractivity contribution in [2.24, 2.45) is 0 Å². The summed E-state index contributed by atoms with van der Waals surface area (Å²) in [4.78, 5) is 0. The highest BCUT2D eigenvalue weighted by atomic mass is 32.1. The van der Waals surface area contributed by atoms with Crippen LogP contribution >= 0.6 is 12.2 Å². The van der Waals surface area contributed by atoms with Crippen LogP contribution < -0.4 is 15.4 Å². The summed E-state index contributed by atoms with van der Waals surface area (Å²) in [6.07, 6.45) is 5.29. The minimum atomic E-state index is 0.387. The first-order valence-electron chi connectivity index (χ1n) is 8.10. The van der Waals surface area contributed by atoms with Gasteiger partial charge in [0.15, 0.2) is 5.11 Å². The summed E-state index contributed by atoms with van der Waals surface area (Å²) >= 11 is 5.35. The van der Waals surface area contributed by atoms with Gasteiger partial charge in [-0.3, -0.25) is 0 Å². The molecule has 0 spiro atoms. The van der Waals surface area contributed by atoms with Crippen LogP contribution in [0.3, 0.4) is 0 Å². The van der Waals surface area contributed by atoms with E-state index in [2.05, 4.69) is 29.7 Å². The maximum absolute atomic E-state index is 5.97. The number of nitrogens with one attached hydrogen (secondary N) is 2. The molecule has 0 radical (unpaired) electrons. The predicted molar refractivity (Wildman–Crippen MR) is 100 cm³/mol. The number of anilines is 2. The summed E-state index contributed by atoms with van der Waals surface area (Å²) in [5.41, 5.74) is 3.16. The summed E-state index contributed by atoms with van der Waals surface area (Å²) in [7, 11) is 0. The van der Waals surface area contributed by atoms with Gasteiger partial charge in [-0.25, -0.2) is 0 Å². The zero-order valence-electron chi connectivity index (χ0n) is 13.3. The molecular weight excluding hydrogens is 304 g/mol. The van der Waals surface area contributed by atoms with Gasteiger partial charge in [0.05, 0.1) is 6.10 Å². The van der Waals surface area contributed by atoms with Gasteiger partial charge in [-0.15, -0.1) is 0 Å². The summed E-state index contributed by atoms with van der Waals surface area (Å²) in [5, 5.41) is 6.95. The number of aryl methyl sites for hydroxylation is 1. The molecule has 3 nitrogen and oxygen atoms in total. The van der Waals surface area contributed by atoms with E-state index in [0.29, 0.717) is 11.2 Å². The molecule has 0 unspecified atom stereocenters. The maximum atomic E-state index is 5.97. The van der Waals surface area contributed by atoms with E-state index in [9.17, 15) is 0 Å². The molecule has 1 aliphatic rings. The van der Waals surface area contributed by atoms with Crippen molar-refractivity contribution >= 4 is 28.7 Å². The molecule has 120 valence electrons. The third-order valence-electron chi connectivity index (χ3n) is 4.03. The van der Waals surface area contributed by atoms with E-state index in [-0.39, 0.29) is 0 Å². The SMILES string of the molecule is Cc1ccc(NC(=S)Nc2ccc(OC3CCCC3)cc2)cc1. The Balaban J connectivity index is 1.52. The average molecular weight is 326 g/mol. The van der Waals surface area contributed by atoms with Gasteiger partial charge in [-0.2, -0.15) is 0 Å². The largest absolute Gasteiger partial charge is 0.490 e. The van der Waals surface area contributed by atoms with Crippen LogP contribution in [0.4, 0.5) is 11.4 Å². The molecule has 0 atom stereocenters. The second-order valence-electron chi connectivity index (χ2n) is 5.99. The Kier molecular flexibility index (Phi) is 5.13. The molecule has 0 saturated heterocycles. The van der Waals surface area contributed by atoms with E-state index >= 15 is 0 Å². The molecule has 0 aliphatic heterocycles. The van der Waals surface area contributed by atoms with Gasteiger partial charge >= 0.3 is 0 Å². The third-order valence-corrected chi connectivity index (χ3v) is 4.23. The summed E-state index contributed by atoms with van der Waals surface area (Å²) < 4.78 is 5.97. The van der Waals surface area contributed by atoms with Crippen LogP contribution in [0.2, 0.25) is 0 Å². The highest BCUT2D eigenvalue weighted by molar-refractivity contribution is 7.80. The van der Waals surface area contributed by atoms with Crippen molar-refractivity contribution in [1.82, 2.24) is 0 Å². The molecule has 0 bridgehead atoms. The molecule has 2 aromatic carbocycles. The number of ether oxygens (including phenoxy) is 1. The molecular formula is C19H22N2OS. The maximum Gasteiger partial charge on any atom is 0.175 e. The minimum Gasteiger partial charge on any atom is -0.490 e. The lowest BCUT2D eigenvalue weighted by Gasteiger charge is -2.14. The Hall–Kier alpha value is -2.07. The molecule has 1 saturated carbocycles. The first-order chi connectivity index (χ1) is 11.2. The predicted octanol–water partition coefficient (Wildman–Crippen LogP) is 5.13. The molecule has 1 fully saturated rings. The highest BCUT2D eigenvalue weighted by Crippen LogP contribution is 2.25. The van der Waals surface area contributed by atoms with Crippen molar-refractivity contribution in [2.45, 2.75) is 38.7 Å². The molecule has 2 aromatic rings. The van der Waals surface area contributed by atoms with E-state index in [1.807, 2.05) is 36.4 Å². The average Bonchev–Trinajstić information content (AvgIpc) is 3.04. The minimum absolute atomic E-state index is 0.387. The fourth-order valence-electron chi connectivity index (χ4n) is 2.75. The van der Waals surface area contributed by atoms with Crippen LogP contribution in [0, 0.1) is 6.92 Å². The molecule has 1 aliphatic carbocycles. The number of hydrogen-bond acceptors (Lipinski definition) is 2. The molecule has 0 amide bonds. The highest BCUT2D eigenvalue weighted by Gasteiger charge is 2.16. The van der Waals surface area contributed by atoms with Gasteiger partial charge in [-0.05, 0) is 81.2 Å². The second kappa shape index (κ2) is 7.47. The Bertz CT molecular complexity index is 646. The normalized spacial score (nSPS) is 14.5. The van der Waals surface area contributed by atoms with Crippen LogP contribution in [0.25, 0.3) is 0 Å². The molecule has 3 rings (SSSR count). The Labute approximate surface area is 143 Å². The van der Waals surface area contributed by atoms with Crippen LogP contribution in [0.1, 0.15) is 31.2 Å². The lowest BCUT2D eigenvalue weighted by atomic mass is 10.2. The Morgan fingerprint density at radius 2 is 1.43 bits per heavy atom. The topological polar surface area (TPSA) is 33.3 Å². The molecule has 4 heteroatoms. The first-order valence-corrected chi connectivity index (χ1v) is 8.51. The van der Waals surface area contributed by atoms with Crippen LogP contribution in [-0.4, -0.2) is 11.2 Å². The number of rotatable bonds is 4. The molecule has 0 heterocycles. The van der Waals surface area contributed by atoms with Gasteiger partial charge in [0.2, 0.25) is 0 Å². The van der Waals surface area contributed by atoms with Gasteiger partial charge in [-0.1, -0.05) is 17.7 Å². The number of benzene rings is 2. The monoisotopic (exact) mass is 326 g/mol. The van der Waals surface area contributed by atoms with Crippen LogP contribution in [0.5, 0.6) is 5.75 Å². The van der Waals surface area contributed by atoms with Crippen molar-refractivity contribution < 1.29 is 4.74 Å². The van der Waals surface area contributed by atoms with Crippen molar-refractivity contribution in [3.63, 3.8) is 0 Å². The first kappa shape index (κ1) is 15.8. The van der Waals surface area contributed by atoms with E-state index in [1.54, 1.807) is 0 Å². The van der Waals surface area contributed by atoms with E-state index in [0.717, 1.165) is 17.1 Å². The van der Waals surface area contributed by atoms with Gasteiger partial charge in [0.25, 0.3) is 0 Å².